The normalized spacial score (nSPS) is 10.3. The summed E-state index contributed by atoms with van der Waals surface area (Å²) in [6.07, 6.45) is 0. The SMILES string of the molecule is CC(=O)N(c1ccc(F)cc1)c1scnc1C. The molecule has 0 aliphatic carbocycles. The maximum Gasteiger partial charge on any atom is 0.229 e. The monoisotopic (exact) mass is 250 g/mol. The molecule has 3 nitrogen and oxygen atoms in total. The Morgan fingerprint density at radius 2 is 2.00 bits per heavy atom. The van der Waals surface area contributed by atoms with Gasteiger partial charge in [0.25, 0.3) is 0 Å². The van der Waals surface area contributed by atoms with Crippen LogP contribution in [-0.2, 0) is 4.79 Å². The van der Waals surface area contributed by atoms with Crippen LogP contribution in [0.15, 0.2) is 29.8 Å². The van der Waals surface area contributed by atoms with Crippen molar-refractivity contribution in [1.29, 1.82) is 0 Å². The van der Waals surface area contributed by atoms with Gasteiger partial charge in [0.1, 0.15) is 10.8 Å². The number of benzene rings is 1. The third kappa shape index (κ3) is 2.34. The second-order valence-electron chi connectivity index (χ2n) is 3.57. The molecule has 0 aliphatic rings. The molecule has 0 fully saturated rings. The van der Waals surface area contributed by atoms with Gasteiger partial charge >= 0.3 is 0 Å². The number of rotatable bonds is 2. The lowest BCUT2D eigenvalue weighted by molar-refractivity contribution is -0.115. The van der Waals surface area contributed by atoms with E-state index in [4.69, 9.17) is 0 Å². The van der Waals surface area contributed by atoms with Crippen molar-refractivity contribution in [2.24, 2.45) is 0 Å². The first-order valence-electron chi connectivity index (χ1n) is 5.06. The molecular weight excluding hydrogens is 239 g/mol. The molecule has 2 rings (SSSR count). The Morgan fingerprint density at radius 1 is 1.35 bits per heavy atom. The first-order chi connectivity index (χ1) is 8.09. The predicted molar refractivity (Wildman–Crippen MR) is 66.1 cm³/mol. The molecule has 1 aromatic heterocycles. The number of carbonyl (C=O) groups is 1. The highest BCUT2D eigenvalue weighted by atomic mass is 32.1. The highest BCUT2D eigenvalue weighted by Crippen LogP contribution is 2.31. The minimum absolute atomic E-state index is 0.121. The standard InChI is InChI=1S/C12H11FN2OS/c1-8-12(17-7-14-8)15(9(2)16)11-5-3-10(13)4-6-11/h3-7H,1-2H3. The van der Waals surface area contributed by atoms with E-state index in [1.165, 1.54) is 35.3 Å². The highest BCUT2D eigenvalue weighted by Gasteiger charge is 2.17. The van der Waals surface area contributed by atoms with Crippen molar-refractivity contribution in [2.45, 2.75) is 13.8 Å². The van der Waals surface area contributed by atoms with Crippen molar-refractivity contribution in [3.05, 3.63) is 41.3 Å². The number of halogens is 1. The third-order valence-electron chi connectivity index (χ3n) is 2.32. The number of carbonyl (C=O) groups excluding carboxylic acids is 1. The van der Waals surface area contributed by atoms with E-state index >= 15 is 0 Å². The van der Waals surface area contributed by atoms with E-state index in [0.717, 1.165) is 10.7 Å². The minimum Gasteiger partial charge on any atom is -0.274 e. The van der Waals surface area contributed by atoms with Gasteiger partial charge in [-0.2, -0.15) is 0 Å². The summed E-state index contributed by atoms with van der Waals surface area (Å²) in [5, 5.41) is 0.768. The van der Waals surface area contributed by atoms with Crippen LogP contribution in [0.2, 0.25) is 0 Å². The Kier molecular flexibility index (Phi) is 3.19. The van der Waals surface area contributed by atoms with E-state index in [-0.39, 0.29) is 11.7 Å². The van der Waals surface area contributed by atoms with Gasteiger partial charge in [0.05, 0.1) is 11.2 Å². The second-order valence-corrected chi connectivity index (χ2v) is 4.41. The van der Waals surface area contributed by atoms with Crippen LogP contribution in [0.1, 0.15) is 12.6 Å². The molecule has 0 saturated heterocycles. The average molecular weight is 250 g/mol. The fourth-order valence-electron chi connectivity index (χ4n) is 1.54. The van der Waals surface area contributed by atoms with Gasteiger partial charge in [0, 0.05) is 12.6 Å². The quantitative estimate of drug-likeness (QED) is 0.819. The summed E-state index contributed by atoms with van der Waals surface area (Å²) >= 11 is 1.39. The zero-order chi connectivity index (χ0) is 12.4. The molecule has 2 aromatic rings. The maximum absolute atomic E-state index is 12.9. The number of hydrogen-bond acceptors (Lipinski definition) is 3. The number of thiazole rings is 1. The molecule has 0 N–H and O–H groups in total. The van der Waals surface area contributed by atoms with Gasteiger partial charge in [-0.05, 0) is 31.2 Å². The van der Waals surface area contributed by atoms with Crippen molar-refractivity contribution >= 4 is 27.9 Å². The van der Waals surface area contributed by atoms with Gasteiger partial charge in [0.2, 0.25) is 5.91 Å². The molecule has 1 amide bonds. The summed E-state index contributed by atoms with van der Waals surface area (Å²) in [4.78, 5) is 17.3. The van der Waals surface area contributed by atoms with E-state index in [1.807, 2.05) is 6.92 Å². The van der Waals surface area contributed by atoms with Gasteiger partial charge in [0.15, 0.2) is 0 Å². The zero-order valence-corrected chi connectivity index (χ0v) is 10.3. The van der Waals surface area contributed by atoms with Crippen LogP contribution in [-0.4, -0.2) is 10.9 Å². The molecule has 88 valence electrons. The zero-order valence-electron chi connectivity index (χ0n) is 9.48. The summed E-state index contributed by atoms with van der Waals surface area (Å²) in [6.45, 7) is 3.31. The lowest BCUT2D eigenvalue weighted by Crippen LogP contribution is -2.22. The van der Waals surface area contributed by atoms with Gasteiger partial charge in [-0.3, -0.25) is 9.69 Å². The summed E-state index contributed by atoms with van der Waals surface area (Å²) in [7, 11) is 0. The van der Waals surface area contributed by atoms with E-state index in [1.54, 1.807) is 17.6 Å². The van der Waals surface area contributed by atoms with Crippen molar-refractivity contribution in [3.8, 4) is 0 Å². The molecule has 0 radical (unpaired) electrons. The second kappa shape index (κ2) is 4.63. The number of aryl methyl sites for hydroxylation is 1. The molecule has 5 heteroatoms. The van der Waals surface area contributed by atoms with Crippen LogP contribution in [0.3, 0.4) is 0 Å². The smallest absolute Gasteiger partial charge is 0.229 e. The minimum atomic E-state index is -0.321. The van der Waals surface area contributed by atoms with Crippen LogP contribution >= 0.6 is 11.3 Å². The van der Waals surface area contributed by atoms with E-state index < -0.39 is 0 Å². The van der Waals surface area contributed by atoms with E-state index in [0.29, 0.717) is 5.69 Å². The van der Waals surface area contributed by atoms with Gasteiger partial charge in [-0.25, -0.2) is 9.37 Å². The maximum atomic E-state index is 12.9. The lowest BCUT2D eigenvalue weighted by Gasteiger charge is -2.19. The van der Waals surface area contributed by atoms with Crippen LogP contribution < -0.4 is 4.90 Å². The molecule has 0 aliphatic heterocycles. The number of anilines is 2. The van der Waals surface area contributed by atoms with Crippen LogP contribution in [0.4, 0.5) is 15.1 Å². The fraction of sp³-hybridized carbons (Fsp3) is 0.167. The summed E-state index contributed by atoms with van der Waals surface area (Å²) in [5.41, 5.74) is 3.12. The Hall–Kier alpha value is -1.75. The first-order valence-corrected chi connectivity index (χ1v) is 5.94. The molecule has 0 atom stereocenters. The van der Waals surface area contributed by atoms with E-state index in [9.17, 15) is 9.18 Å². The molecular formula is C12H11FN2OS. The molecule has 0 unspecified atom stereocenters. The third-order valence-corrected chi connectivity index (χ3v) is 3.24. The number of aromatic nitrogens is 1. The fourth-order valence-corrected chi connectivity index (χ4v) is 2.42. The molecule has 17 heavy (non-hydrogen) atoms. The van der Waals surface area contributed by atoms with Crippen LogP contribution in [0.25, 0.3) is 0 Å². The van der Waals surface area contributed by atoms with Gasteiger partial charge in [-0.15, -0.1) is 11.3 Å². The Bertz CT molecular complexity index is 536. The van der Waals surface area contributed by atoms with Crippen molar-refractivity contribution in [1.82, 2.24) is 4.98 Å². The van der Waals surface area contributed by atoms with Crippen LogP contribution in [0, 0.1) is 12.7 Å². The highest BCUT2D eigenvalue weighted by molar-refractivity contribution is 7.14. The summed E-state index contributed by atoms with van der Waals surface area (Å²) in [5.74, 6) is -0.442. The Labute approximate surface area is 103 Å². The van der Waals surface area contributed by atoms with Gasteiger partial charge in [-0.1, -0.05) is 0 Å². The average Bonchev–Trinajstić information content (AvgIpc) is 2.68. The largest absolute Gasteiger partial charge is 0.274 e. The molecule has 1 heterocycles. The molecule has 0 saturated carbocycles. The van der Waals surface area contributed by atoms with Crippen LogP contribution in [0.5, 0.6) is 0 Å². The lowest BCUT2D eigenvalue weighted by atomic mass is 10.2. The number of hydrogen-bond donors (Lipinski definition) is 0. The van der Waals surface area contributed by atoms with Crippen molar-refractivity contribution in [2.75, 3.05) is 4.90 Å². The first kappa shape index (κ1) is 11.7. The molecule has 1 aromatic carbocycles. The van der Waals surface area contributed by atoms with Crippen molar-refractivity contribution in [3.63, 3.8) is 0 Å². The summed E-state index contributed by atoms with van der Waals surface area (Å²) in [6, 6.07) is 5.83. The van der Waals surface area contributed by atoms with E-state index in [2.05, 4.69) is 4.98 Å². The van der Waals surface area contributed by atoms with Gasteiger partial charge < -0.3 is 0 Å². The molecule has 0 spiro atoms. The van der Waals surface area contributed by atoms with Crippen molar-refractivity contribution < 1.29 is 9.18 Å². The Balaban J connectivity index is 2.47. The predicted octanol–water partition coefficient (Wildman–Crippen LogP) is 3.28. The number of nitrogens with zero attached hydrogens (tertiary/aromatic N) is 2. The number of amides is 1. The Morgan fingerprint density at radius 3 is 2.47 bits per heavy atom. The summed E-state index contributed by atoms with van der Waals surface area (Å²) < 4.78 is 12.9. The topological polar surface area (TPSA) is 33.2 Å². The molecule has 0 bridgehead atoms.